The second kappa shape index (κ2) is 5.41. The number of likely N-dealkylation sites (tertiary alicyclic amines) is 1. The van der Waals surface area contributed by atoms with E-state index in [-0.39, 0.29) is 0 Å². The minimum absolute atomic E-state index is 0.554. The quantitative estimate of drug-likeness (QED) is 0.786. The molecule has 1 fully saturated rings. The second-order valence-corrected chi connectivity index (χ2v) is 4.74. The zero-order chi connectivity index (χ0) is 11.4. The molecule has 2 rings (SSSR count). The molecule has 16 heavy (non-hydrogen) atoms. The van der Waals surface area contributed by atoms with Crippen LogP contribution < -0.4 is 5.32 Å². The first-order valence-electron chi connectivity index (χ1n) is 6.02. The second-order valence-electron chi connectivity index (χ2n) is 4.74. The molecule has 1 unspecified atom stereocenters. The van der Waals surface area contributed by atoms with Crippen LogP contribution in [-0.2, 0) is 6.54 Å². The van der Waals surface area contributed by atoms with Crippen LogP contribution in [0.4, 0.5) is 0 Å². The van der Waals surface area contributed by atoms with E-state index in [9.17, 15) is 0 Å². The third kappa shape index (κ3) is 3.02. The fourth-order valence-electron chi connectivity index (χ4n) is 2.27. The van der Waals surface area contributed by atoms with Crippen molar-refractivity contribution >= 4 is 0 Å². The van der Waals surface area contributed by atoms with Crippen LogP contribution in [0.5, 0.6) is 0 Å². The average molecular weight is 223 g/mol. The van der Waals surface area contributed by atoms with Crippen molar-refractivity contribution in [1.29, 1.82) is 0 Å². The number of H-pyrrole nitrogens is 1. The molecule has 1 atom stereocenters. The Morgan fingerprint density at radius 1 is 1.56 bits per heavy atom. The molecular formula is C11H21N5. The van der Waals surface area contributed by atoms with Gasteiger partial charge in [0.05, 0.1) is 6.54 Å². The third-order valence-corrected chi connectivity index (χ3v) is 3.53. The highest BCUT2D eigenvalue weighted by molar-refractivity contribution is 4.83. The molecule has 0 saturated carbocycles. The highest BCUT2D eigenvalue weighted by atomic mass is 15.2. The van der Waals surface area contributed by atoms with Crippen molar-refractivity contribution in [3.63, 3.8) is 0 Å². The van der Waals surface area contributed by atoms with E-state index in [0.29, 0.717) is 6.04 Å². The smallest absolute Gasteiger partial charge is 0.138 e. The molecule has 0 spiro atoms. The van der Waals surface area contributed by atoms with Crippen LogP contribution in [0.15, 0.2) is 6.33 Å². The summed E-state index contributed by atoms with van der Waals surface area (Å²) in [7, 11) is 2.20. The number of rotatable bonds is 4. The molecule has 1 aromatic rings. The summed E-state index contributed by atoms with van der Waals surface area (Å²) in [6.45, 7) is 5.50. The van der Waals surface area contributed by atoms with Gasteiger partial charge in [0.1, 0.15) is 12.2 Å². The van der Waals surface area contributed by atoms with Crippen molar-refractivity contribution in [2.24, 2.45) is 5.92 Å². The number of hydrogen-bond acceptors (Lipinski definition) is 4. The van der Waals surface area contributed by atoms with Crippen LogP contribution >= 0.6 is 0 Å². The van der Waals surface area contributed by atoms with E-state index < -0.39 is 0 Å². The van der Waals surface area contributed by atoms with Crippen molar-refractivity contribution in [2.75, 3.05) is 20.1 Å². The average Bonchev–Trinajstić information content (AvgIpc) is 2.80. The zero-order valence-electron chi connectivity index (χ0n) is 10.1. The van der Waals surface area contributed by atoms with Crippen LogP contribution in [0.2, 0.25) is 0 Å². The molecule has 0 aromatic carbocycles. The number of aromatic nitrogens is 3. The van der Waals surface area contributed by atoms with Gasteiger partial charge in [0.25, 0.3) is 0 Å². The fourth-order valence-corrected chi connectivity index (χ4v) is 2.27. The first-order chi connectivity index (χ1) is 7.75. The molecule has 90 valence electrons. The van der Waals surface area contributed by atoms with Crippen LogP contribution in [0, 0.1) is 5.92 Å². The van der Waals surface area contributed by atoms with Crippen molar-refractivity contribution in [3.05, 3.63) is 12.2 Å². The summed E-state index contributed by atoms with van der Waals surface area (Å²) < 4.78 is 0. The summed E-state index contributed by atoms with van der Waals surface area (Å²) in [5.41, 5.74) is 0. The molecule has 0 amide bonds. The van der Waals surface area contributed by atoms with Crippen LogP contribution in [0.3, 0.4) is 0 Å². The van der Waals surface area contributed by atoms with E-state index >= 15 is 0 Å². The van der Waals surface area contributed by atoms with E-state index in [4.69, 9.17) is 0 Å². The Hall–Kier alpha value is -0.940. The lowest BCUT2D eigenvalue weighted by atomic mass is 9.90. The van der Waals surface area contributed by atoms with E-state index in [1.807, 2.05) is 0 Å². The molecule has 2 heterocycles. The number of aromatic amines is 1. The first kappa shape index (κ1) is 11.5. The van der Waals surface area contributed by atoms with Gasteiger partial charge in [-0.1, -0.05) is 0 Å². The van der Waals surface area contributed by atoms with Crippen molar-refractivity contribution in [1.82, 2.24) is 25.4 Å². The Morgan fingerprint density at radius 3 is 2.94 bits per heavy atom. The Bertz CT molecular complexity index is 289. The van der Waals surface area contributed by atoms with Gasteiger partial charge in [-0.05, 0) is 45.8 Å². The van der Waals surface area contributed by atoms with Crippen molar-refractivity contribution in [3.8, 4) is 0 Å². The Labute approximate surface area is 96.6 Å². The van der Waals surface area contributed by atoms with E-state index in [1.54, 1.807) is 6.33 Å². The van der Waals surface area contributed by atoms with Gasteiger partial charge < -0.3 is 10.2 Å². The number of nitrogens with zero attached hydrogens (tertiary/aromatic N) is 3. The Balaban J connectivity index is 1.73. The summed E-state index contributed by atoms with van der Waals surface area (Å²) in [6.07, 6.45) is 4.14. The summed E-state index contributed by atoms with van der Waals surface area (Å²) >= 11 is 0. The molecule has 0 aliphatic carbocycles. The predicted molar refractivity (Wildman–Crippen MR) is 62.9 cm³/mol. The van der Waals surface area contributed by atoms with Gasteiger partial charge in [0.15, 0.2) is 0 Å². The van der Waals surface area contributed by atoms with Crippen LogP contribution in [-0.4, -0.2) is 46.3 Å². The van der Waals surface area contributed by atoms with E-state index in [2.05, 4.69) is 39.4 Å². The maximum absolute atomic E-state index is 4.11. The van der Waals surface area contributed by atoms with Gasteiger partial charge in [-0.15, -0.1) is 0 Å². The molecule has 5 heteroatoms. The van der Waals surface area contributed by atoms with Crippen LogP contribution in [0.1, 0.15) is 25.6 Å². The lowest BCUT2D eigenvalue weighted by molar-refractivity contribution is 0.189. The number of hydrogen-bond donors (Lipinski definition) is 2. The van der Waals surface area contributed by atoms with Crippen molar-refractivity contribution in [2.45, 2.75) is 32.4 Å². The molecule has 1 aromatic heterocycles. The molecule has 1 aliphatic heterocycles. The Kier molecular flexibility index (Phi) is 3.90. The first-order valence-corrected chi connectivity index (χ1v) is 6.02. The predicted octanol–water partition coefficient (Wildman–Crippen LogP) is 0.625. The van der Waals surface area contributed by atoms with Crippen LogP contribution in [0.25, 0.3) is 0 Å². The maximum atomic E-state index is 4.11. The normalized spacial score (nSPS) is 21.1. The lowest BCUT2D eigenvalue weighted by Crippen LogP contribution is -2.40. The molecule has 0 radical (unpaired) electrons. The molecule has 5 nitrogen and oxygen atoms in total. The lowest BCUT2D eigenvalue weighted by Gasteiger charge is -2.33. The highest BCUT2D eigenvalue weighted by Gasteiger charge is 2.21. The largest absolute Gasteiger partial charge is 0.307 e. The van der Waals surface area contributed by atoms with E-state index in [1.165, 1.54) is 25.9 Å². The third-order valence-electron chi connectivity index (χ3n) is 3.53. The molecule has 0 bridgehead atoms. The highest BCUT2D eigenvalue weighted by Crippen LogP contribution is 2.19. The van der Waals surface area contributed by atoms with Gasteiger partial charge in [-0.3, -0.25) is 5.10 Å². The topological polar surface area (TPSA) is 56.8 Å². The monoisotopic (exact) mass is 223 g/mol. The van der Waals surface area contributed by atoms with Crippen molar-refractivity contribution < 1.29 is 0 Å². The van der Waals surface area contributed by atoms with Gasteiger partial charge in [0, 0.05) is 6.04 Å². The molecule has 2 N–H and O–H groups in total. The maximum Gasteiger partial charge on any atom is 0.138 e. The summed E-state index contributed by atoms with van der Waals surface area (Å²) in [5, 5.41) is 10.2. The SMILES string of the molecule is CC(NCc1ncn[nH]1)C1CCN(C)CC1. The summed E-state index contributed by atoms with van der Waals surface area (Å²) in [4.78, 5) is 6.51. The standard InChI is InChI=1S/C11H21N5/c1-9(10-3-5-16(2)6-4-10)12-7-11-13-8-14-15-11/h8-10,12H,3-7H2,1-2H3,(H,13,14,15). The minimum Gasteiger partial charge on any atom is -0.307 e. The Morgan fingerprint density at radius 2 is 2.31 bits per heavy atom. The molecule has 1 saturated heterocycles. The van der Waals surface area contributed by atoms with Gasteiger partial charge in [-0.25, -0.2) is 4.98 Å². The van der Waals surface area contributed by atoms with Gasteiger partial charge in [0.2, 0.25) is 0 Å². The number of piperidine rings is 1. The fraction of sp³-hybridized carbons (Fsp3) is 0.818. The summed E-state index contributed by atoms with van der Waals surface area (Å²) in [5.74, 6) is 1.71. The minimum atomic E-state index is 0.554. The van der Waals surface area contributed by atoms with Gasteiger partial charge in [-0.2, -0.15) is 5.10 Å². The van der Waals surface area contributed by atoms with E-state index in [0.717, 1.165) is 18.3 Å². The summed E-state index contributed by atoms with van der Waals surface area (Å²) in [6, 6.07) is 0.554. The molecule has 1 aliphatic rings. The zero-order valence-corrected chi connectivity index (χ0v) is 10.1. The molecular weight excluding hydrogens is 202 g/mol. The van der Waals surface area contributed by atoms with Gasteiger partial charge >= 0.3 is 0 Å². The number of nitrogens with one attached hydrogen (secondary N) is 2.